The number of nitro groups is 1. The van der Waals surface area contributed by atoms with Crippen molar-refractivity contribution in [2.75, 3.05) is 18.2 Å². The van der Waals surface area contributed by atoms with Gasteiger partial charge in [0, 0.05) is 17.8 Å². The third-order valence-electron chi connectivity index (χ3n) is 3.80. The Bertz CT molecular complexity index is 957. The van der Waals surface area contributed by atoms with Gasteiger partial charge in [-0.2, -0.15) is 0 Å². The molecule has 0 radical (unpaired) electrons. The number of non-ortho nitro benzene ring substituents is 1. The van der Waals surface area contributed by atoms with E-state index in [4.69, 9.17) is 0 Å². The number of nitrogens with zero attached hydrogens (tertiary/aromatic N) is 3. The molecule has 9 nitrogen and oxygen atoms in total. The minimum absolute atomic E-state index is 0.0163. The van der Waals surface area contributed by atoms with Crippen molar-refractivity contribution in [3.05, 3.63) is 64.2 Å². The number of sulfonamides is 1. The van der Waals surface area contributed by atoms with Crippen LogP contribution in [0.1, 0.15) is 5.56 Å². The maximum absolute atomic E-state index is 12.4. The summed E-state index contributed by atoms with van der Waals surface area (Å²) in [4.78, 5) is 16.5. The van der Waals surface area contributed by atoms with Gasteiger partial charge in [-0.1, -0.05) is 23.8 Å². The largest absolute Gasteiger partial charge is 0.338 e. The maximum Gasteiger partial charge on any atom is 0.271 e. The highest BCUT2D eigenvalue weighted by Crippen LogP contribution is 2.21. The molecule has 0 fully saturated rings. The van der Waals surface area contributed by atoms with Crippen LogP contribution < -0.4 is 14.9 Å². The number of nitrogens with one attached hydrogen (secondary N) is 2. The summed E-state index contributed by atoms with van der Waals surface area (Å²) in [7, 11) is -3.73. The average molecular weight is 375 g/mol. The number of hydrogen-bond acceptors (Lipinski definition) is 7. The van der Waals surface area contributed by atoms with Crippen LogP contribution in [-0.4, -0.2) is 32.6 Å². The number of benzene rings is 2. The number of guanidine groups is 1. The molecule has 2 aromatic rings. The second kappa shape index (κ2) is 7.00. The predicted octanol–water partition coefficient (Wildman–Crippen LogP) is 1.56. The fourth-order valence-corrected chi connectivity index (χ4v) is 3.38. The molecule has 10 heteroatoms. The first-order chi connectivity index (χ1) is 12.3. The van der Waals surface area contributed by atoms with Crippen LogP contribution in [0, 0.1) is 17.0 Å². The Balaban J connectivity index is 1.71. The standard InChI is InChI=1S/C16H17N5O4S/c1-12-5-7-15(8-6-12)26(24,25)19-16-17-10-20(11-18-16)13-3-2-4-14(9-13)21(22)23/h2-9H,10-11H2,1H3,(H2,17,18,19). The van der Waals surface area contributed by atoms with Crippen LogP contribution in [0.3, 0.4) is 0 Å². The number of aryl methyl sites for hydroxylation is 1. The van der Waals surface area contributed by atoms with Crippen LogP contribution in [-0.2, 0) is 10.0 Å². The zero-order valence-electron chi connectivity index (χ0n) is 13.9. The van der Waals surface area contributed by atoms with E-state index >= 15 is 0 Å². The van der Waals surface area contributed by atoms with Crippen LogP contribution in [0.25, 0.3) is 0 Å². The fourth-order valence-electron chi connectivity index (χ4n) is 2.38. The van der Waals surface area contributed by atoms with Gasteiger partial charge in [-0.25, -0.2) is 18.1 Å². The lowest BCUT2D eigenvalue weighted by Gasteiger charge is -2.28. The number of aliphatic imine (C=N–C) groups is 1. The predicted molar refractivity (Wildman–Crippen MR) is 97.4 cm³/mol. The first-order valence-electron chi connectivity index (χ1n) is 7.72. The van der Waals surface area contributed by atoms with Gasteiger partial charge in [-0.05, 0) is 25.1 Å². The van der Waals surface area contributed by atoms with Crippen molar-refractivity contribution in [1.29, 1.82) is 0 Å². The van der Waals surface area contributed by atoms with Crippen molar-refractivity contribution < 1.29 is 13.3 Å². The first-order valence-corrected chi connectivity index (χ1v) is 9.21. The van der Waals surface area contributed by atoms with Crippen molar-refractivity contribution in [1.82, 2.24) is 10.0 Å². The van der Waals surface area contributed by atoms with Gasteiger partial charge in [-0.3, -0.25) is 10.1 Å². The number of anilines is 1. The summed E-state index contributed by atoms with van der Waals surface area (Å²) in [6, 6.07) is 12.7. The number of rotatable bonds is 4. The van der Waals surface area contributed by atoms with Gasteiger partial charge in [0.2, 0.25) is 5.96 Å². The van der Waals surface area contributed by atoms with Gasteiger partial charge in [0.05, 0.1) is 16.5 Å². The highest BCUT2D eigenvalue weighted by atomic mass is 32.2. The molecule has 0 spiro atoms. The topological polar surface area (TPSA) is 117 Å². The van der Waals surface area contributed by atoms with Gasteiger partial charge >= 0.3 is 0 Å². The normalized spacial score (nSPS) is 14.3. The highest BCUT2D eigenvalue weighted by molar-refractivity contribution is 7.90. The summed E-state index contributed by atoms with van der Waals surface area (Å²) in [5.41, 5.74) is 1.57. The molecule has 1 aliphatic heterocycles. The van der Waals surface area contributed by atoms with E-state index in [1.54, 1.807) is 29.2 Å². The SMILES string of the molecule is Cc1ccc(S(=O)(=O)NC2=NCN(c3cccc([N+](=O)[O-])c3)CN2)cc1. The molecule has 0 bridgehead atoms. The first kappa shape index (κ1) is 17.7. The Morgan fingerprint density at radius 1 is 1.23 bits per heavy atom. The Kier molecular flexibility index (Phi) is 4.76. The Morgan fingerprint density at radius 2 is 1.96 bits per heavy atom. The van der Waals surface area contributed by atoms with Gasteiger partial charge in [0.15, 0.2) is 0 Å². The van der Waals surface area contributed by atoms with E-state index in [9.17, 15) is 18.5 Å². The second-order valence-corrected chi connectivity index (χ2v) is 7.40. The molecule has 2 aromatic carbocycles. The molecule has 0 aliphatic carbocycles. The molecule has 1 aliphatic rings. The van der Waals surface area contributed by atoms with Crippen molar-refractivity contribution >= 4 is 27.4 Å². The number of hydrogen-bond donors (Lipinski definition) is 2. The second-order valence-electron chi connectivity index (χ2n) is 5.72. The van der Waals surface area contributed by atoms with Crippen molar-refractivity contribution in [3.63, 3.8) is 0 Å². The average Bonchev–Trinajstić information content (AvgIpc) is 2.62. The Morgan fingerprint density at radius 3 is 2.58 bits per heavy atom. The molecule has 0 atom stereocenters. The Hall–Kier alpha value is -3.14. The van der Waals surface area contributed by atoms with Crippen molar-refractivity contribution in [3.8, 4) is 0 Å². The van der Waals surface area contributed by atoms with Crippen molar-refractivity contribution in [2.24, 2.45) is 4.99 Å². The minimum atomic E-state index is -3.73. The fraction of sp³-hybridized carbons (Fsp3) is 0.188. The molecule has 0 saturated heterocycles. The van der Waals surface area contributed by atoms with E-state index in [0.717, 1.165) is 5.56 Å². The van der Waals surface area contributed by atoms with Crippen molar-refractivity contribution in [2.45, 2.75) is 11.8 Å². The molecule has 3 rings (SSSR count). The quantitative estimate of drug-likeness (QED) is 0.619. The lowest BCUT2D eigenvalue weighted by atomic mass is 10.2. The van der Waals surface area contributed by atoms with E-state index in [2.05, 4.69) is 15.0 Å². The maximum atomic E-state index is 12.4. The highest BCUT2D eigenvalue weighted by Gasteiger charge is 2.20. The summed E-state index contributed by atoms with van der Waals surface area (Å²) < 4.78 is 27.1. The molecule has 26 heavy (non-hydrogen) atoms. The van der Waals surface area contributed by atoms with E-state index in [1.165, 1.54) is 24.3 Å². The van der Waals surface area contributed by atoms with Crippen LogP contribution >= 0.6 is 0 Å². The number of nitro benzene ring substituents is 1. The van der Waals surface area contributed by atoms with E-state index in [0.29, 0.717) is 5.69 Å². The monoisotopic (exact) mass is 375 g/mol. The van der Waals surface area contributed by atoms with E-state index in [-0.39, 0.29) is 29.9 Å². The molecule has 0 amide bonds. The van der Waals surface area contributed by atoms with Gasteiger partial charge < -0.3 is 10.2 Å². The van der Waals surface area contributed by atoms with Gasteiger partial charge in [0.1, 0.15) is 6.67 Å². The summed E-state index contributed by atoms with van der Waals surface area (Å²) in [6.45, 7) is 2.30. The molecule has 2 N–H and O–H groups in total. The molecule has 0 unspecified atom stereocenters. The summed E-state index contributed by atoms with van der Waals surface area (Å²) >= 11 is 0. The van der Waals surface area contributed by atoms with Gasteiger partial charge in [0.25, 0.3) is 15.7 Å². The zero-order valence-corrected chi connectivity index (χ0v) is 14.7. The molecular formula is C16H17N5O4S. The van der Waals surface area contributed by atoms with Crippen LogP contribution in [0.4, 0.5) is 11.4 Å². The summed E-state index contributed by atoms with van der Waals surface area (Å²) in [6.07, 6.45) is 0. The smallest absolute Gasteiger partial charge is 0.271 e. The lowest BCUT2D eigenvalue weighted by molar-refractivity contribution is -0.384. The third kappa shape index (κ3) is 3.91. The minimum Gasteiger partial charge on any atom is -0.338 e. The third-order valence-corrected chi connectivity index (χ3v) is 5.16. The molecule has 1 heterocycles. The molecule has 0 saturated carbocycles. The van der Waals surface area contributed by atoms with E-state index < -0.39 is 14.9 Å². The summed E-state index contributed by atoms with van der Waals surface area (Å²) in [5.74, 6) is 0.132. The van der Waals surface area contributed by atoms with Crippen LogP contribution in [0.15, 0.2) is 58.4 Å². The van der Waals surface area contributed by atoms with Crippen LogP contribution in [0.5, 0.6) is 0 Å². The molecular weight excluding hydrogens is 358 g/mol. The molecule has 0 aromatic heterocycles. The lowest BCUT2D eigenvalue weighted by Crippen LogP contribution is -2.50. The zero-order chi connectivity index (χ0) is 18.7. The Labute approximate surface area is 150 Å². The van der Waals surface area contributed by atoms with Crippen LogP contribution in [0.2, 0.25) is 0 Å². The van der Waals surface area contributed by atoms with E-state index in [1.807, 2.05) is 6.92 Å². The summed E-state index contributed by atoms with van der Waals surface area (Å²) in [5, 5.41) is 13.7. The van der Waals surface area contributed by atoms with Gasteiger partial charge in [-0.15, -0.1) is 0 Å². The molecule has 136 valence electrons.